The first kappa shape index (κ1) is 12.7. The second kappa shape index (κ2) is 6.23. The molecule has 0 aromatic heterocycles. The van der Waals surface area contributed by atoms with E-state index in [-0.39, 0.29) is 6.42 Å². The van der Waals surface area contributed by atoms with E-state index in [1.807, 2.05) is 25.2 Å². The van der Waals surface area contributed by atoms with Crippen molar-refractivity contribution in [1.82, 2.24) is 5.32 Å². The molecule has 1 aromatic rings. The normalized spacial score (nSPS) is 14.1. The summed E-state index contributed by atoms with van der Waals surface area (Å²) in [6, 6.07) is 9.12. The minimum Gasteiger partial charge on any atom is -0.389 e. The van der Waals surface area contributed by atoms with Gasteiger partial charge in [-0.05, 0) is 18.2 Å². The number of nitriles is 1. The number of aliphatic hydroxyl groups excluding tert-OH is 2. The van der Waals surface area contributed by atoms with Gasteiger partial charge in [0.25, 0.3) is 0 Å². The van der Waals surface area contributed by atoms with E-state index in [0.717, 1.165) is 12.1 Å². The first-order valence-electron chi connectivity index (χ1n) is 5.15. The van der Waals surface area contributed by atoms with Gasteiger partial charge in [-0.1, -0.05) is 24.3 Å². The Morgan fingerprint density at radius 2 is 1.94 bits per heavy atom. The molecule has 0 amide bonds. The Hall–Kier alpha value is -1.41. The number of benzene rings is 1. The predicted octanol–water partition coefficient (Wildman–Crippen LogP) is 0.714. The highest BCUT2D eigenvalue weighted by Gasteiger charge is 2.17. The summed E-state index contributed by atoms with van der Waals surface area (Å²) in [7, 11) is 1.86. The molecule has 4 nitrogen and oxygen atoms in total. The molecule has 0 aliphatic rings. The number of nitrogens with one attached hydrogen (secondary N) is 1. The fourth-order valence-electron chi connectivity index (χ4n) is 1.46. The molecule has 2 unspecified atom stereocenters. The summed E-state index contributed by atoms with van der Waals surface area (Å²) in [5, 5.41) is 30.6. The number of hydrogen-bond acceptors (Lipinski definition) is 4. The van der Waals surface area contributed by atoms with Crippen LogP contribution in [0.4, 0.5) is 0 Å². The van der Waals surface area contributed by atoms with Crippen molar-refractivity contribution in [3.05, 3.63) is 35.4 Å². The molecule has 2 atom stereocenters. The molecule has 0 fully saturated rings. The average Bonchev–Trinajstić information content (AvgIpc) is 2.30. The minimum absolute atomic E-state index is 0.0700. The number of hydrogen-bond donors (Lipinski definition) is 3. The van der Waals surface area contributed by atoms with Crippen LogP contribution in [-0.4, -0.2) is 23.4 Å². The zero-order valence-corrected chi connectivity index (χ0v) is 9.22. The van der Waals surface area contributed by atoms with Gasteiger partial charge in [-0.3, -0.25) is 0 Å². The van der Waals surface area contributed by atoms with E-state index >= 15 is 0 Å². The van der Waals surface area contributed by atoms with Crippen LogP contribution in [0.25, 0.3) is 0 Å². The lowest BCUT2D eigenvalue weighted by Gasteiger charge is -2.15. The van der Waals surface area contributed by atoms with Gasteiger partial charge >= 0.3 is 0 Å². The summed E-state index contributed by atoms with van der Waals surface area (Å²) in [5.74, 6) is 0. The summed E-state index contributed by atoms with van der Waals surface area (Å²) >= 11 is 0. The van der Waals surface area contributed by atoms with Crippen molar-refractivity contribution in [1.29, 1.82) is 5.26 Å². The topological polar surface area (TPSA) is 76.3 Å². The van der Waals surface area contributed by atoms with Crippen LogP contribution in [0.2, 0.25) is 0 Å². The van der Waals surface area contributed by atoms with Gasteiger partial charge in [0.15, 0.2) is 0 Å². The molecule has 3 N–H and O–H groups in total. The summed E-state index contributed by atoms with van der Waals surface area (Å²) in [4.78, 5) is 0. The van der Waals surface area contributed by atoms with Crippen molar-refractivity contribution < 1.29 is 10.2 Å². The Morgan fingerprint density at radius 3 is 2.44 bits per heavy atom. The lowest BCUT2D eigenvalue weighted by atomic mass is 10.0. The zero-order chi connectivity index (χ0) is 12.0. The molecule has 0 radical (unpaired) electrons. The first-order chi connectivity index (χ1) is 7.69. The van der Waals surface area contributed by atoms with E-state index in [1.54, 1.807) is 12.1 Å². The van der Waals surface area contributed by atoms with Crippen LogP contribution < -0.4 is 5.32 Å². The molecule has 0 heterocycles. The standard InChI is InChI=1S/C12H16N2O2/c1-14-8-9-2-4-10(5-3-9)12(16)11(15)6-7-13/h2-5,11-12,14-16H,6,8H2,1H3. The fraction of sp³-hybridized carbons (Fsp3) is 0.417. The molecule has 0 aliphatic heterocycles. The van der Waals surface area contributed by atoms with E-state index in [2.05, 4.69) is 5.32 Å². The molecule has 0 spiro atoms. The van der Waals surface area contributed by atoms with Crippen molar-refractivity contribution >= 4 is 0 Å². The minimum atomic E-state index is -1.03. The molecular formula is C12H16N2O2. The molecule has 0 saturated carbocycles. The summed E-state index contributed by atoms with van der Waals surface area (Å²) in [6.07, 6.45) is -2.09. The van der Waals surface area contributed by atoms with Crippen molar-refractivity contribution in [3.8, 4) is 6.07 Å². The van der Waals surface area contributed by atoms with Gasteiger partial charge < -0.3 is 15.5 Å². The maximum absolute atomic E-state index is 9.72. The molecular weight excluding hydrogens is 204 g/mol. The zero-order valence-electron chi connectivity index (χ0n) is 9.22. The van der Waals surface area contributed by atoms with Crippen LogP contribution in [0.5, 0.6) is 0 Å². The third-order valence-corrected chi connectivity index (χ3v) is 2.37. The highest BCUT2D eigenvalue weighted by Crippen LogP contribution is 2.19. The Kier molecular flexibility index (Phi) is 4.93. The molecule has 4 heteroatoms. The van der Waals surface area contributed by atoms with Crippen molar-refractivity contribution in [2.75, 3.05) is 7.05 Å². The molecule has 1 aromatic carbocycles. The second-order valence-electron chi connectivity index (χ2n) is 3.65. The third-order valence-electron chi connectivity index (χ3n) is 2.37. The Morgan fingerprint density at radius 1 is 1.31 bits per heavy atom. The van der Waals surface area contributed by atoms with Crippen molar-refractivity contribution in [3.63, 3.8) is 0 Å². The highest BCUT2D eigenvalue weighted by molar-refractivity contribution is 5.24. The maximum atomic E-state index is 9.72. The van der Waals surface area contributed by atoms with E-state index in [1.165, 1.54) is 0 Å². The van der Waals surface area contributed by atoms with E-state index in [0.29, 0.717) is 5.56 Å². The van der Waals surface area contributed by atoms with Gasteiger partial charge in [-0.2, -0.15) is 5.26 Å². The van der Waals surface area contributed by atoms with Gasteiger partial charge in [-0.25, -0.2) is 0 Å². The Labute approximate surface area is 95.2 Å². The molecule has 86 valence electrons. The van der Waals surface area contributed by atoms with Crippen molar-refractivity contribution in [2.45, 2.75) is 25.2 Å². The number of nitrogens with zero attached hydrogens (tertiary/aromatic N) is 1. The molecule has 1 rings (SSSR count). The molecule has 16 heavy (non-hydrogen) atoms. The lowest BCUT2D eigenvalue weighted by Crippen LogP contribution is -2.17. The van der Waals surface area contributed by atoms with E-state index in [4.69, 9.17) is 5.26 Å². The Balaban J connectivity index is 2.70. The number of aliphatic hydroxyl groups is 2. The lowest BCUT2D eigenvalue weighted by molar-refractivity contribution is 0.0216. The van der Waals surface area contributed by atoms with Crippen LogP contribution in [0.15, 0.2) is 24.3 Å². The van der Waals surface area contributed by atoms with E-state index in [9.17, 15) is 10.2 Å². The van der Waals surface area contributed by atoms with Gasteiger partial charge in [0.05, 0.1) is 18.6 Å². The molecule has 0 saturated heterocycles. The third kappa shape index (κ3) is 3.31. The number of rotatable bonds is 5. The van der Waals surface area contributed by atoms with Gasteiger partial charge in [0.1, 0.15) is 6.10 Å². The summed E-state index contributed by atoms with van der Waals surface area (Å²) in [5.41, 5.74) is 1.73. The van der Waals surface area contributed by atoms with E-state index < -0.39 is 12.2 Å². The van der Waals surface area contributed by atoms with Crippen LogP contribution in [0, 0.1) is 11.3 Å². The van der Waals surface area contributed by atoms with Crippen LogP contribution in [0.3, 0.4) is 0 Å². The Bertz CT molecular complexity index is 356. The molecule has 0 bridgehead atoms. The predicted molar refractivity (Wildman–Crippen MR) is 60.4 cm³/mol. The maximum Gasteiger partial charge on any atom is 0.106 e. The van der Waals surface area contributed by atoms with Gasteiger partial charge in [-0.15, -0.1) is 0 Å². The SMILES string of the molecule is CNCc1ccc(C(O)C(O)CC#N)cc1. The monoisotopic (exact) mass is 220 g/mol. The van der Waals surface area contributed by atoms with Crippen molar-refractivity contribution in [2.24, 2.45) is 0 Å². The fourth-order valence-corrected chi connectivity index (χ4v) is 1.46. The van der Waals surface area contributed by atoms with Gasteiger partial charge in [0.2, 0.25) is 0 Å². The van der Waals surface area contributed by atoms with Crippen LogP contribution in [-0.2, 0) is 6.54 Å². The average molecular weight is 220 g/mol. The smallest absolute Gasteiger partial charge is 0.106 e. The van der Waals surface area contributed by atoms with Crippen LogP contribution >= 0.6 is 0 Å². The largest absolute Gasteiger partial charge is 0.389 e. The molecule has 0 aliphatic carbocycles. The van der Waals surface area contributed by atoms with Crippen LogP contribution in [0.1, 0.15) is 23.7 Å². The summed E-state index contributed by atoms with van der Waals surface area (Å²) in [6.45, 7) is 0.761. The first-order valence-corrected chi connectivity index (χ1v) is 5.15. The summed E-state index contributed by atoms with van der Waals surface area (Å²) < 4.78 is 0. The quantitative estimate of drug-likeness (QED) is 0.683. The second-order valence-corrected chi connectivity index (χ2v) is 3.65. The van der Waals surface area contributed by atoms with Gasteiger partial charge in [0, 0.05) is 6.54 Å². The highest BCUT2D eigenvalue weighted by atomic mass is 16.3.